The molecule has 1 saturated carbocycles. The Morgan fingerprint density at radius 1 is 1.28 bits per heavy atom. The van der Waals surface area contributed by atoms with Crippen molar-refractivity contribution in [2.24, 2.45) is 0 Å². The van der Waals surface area contributed by atoms with Crippen LogP contribution in [-0.2, 0) is 4.74 Å². The van der Waals surface area contributed by atoms with Crippen LogP contribution in [0.2, 0.25) is 5.02 Å². The zero-order chi connectivity index (χ0) is 12.8. The topological polar surface area (TPSA) is 21.3 Å². The second-order valence-electron chi connectivity index (χ2n) is 4.89. The summed E-state index contributed by atoms with van der Waals surface area (Å²) in [7, 11) is 0. The van der Waals surface area contributed by atoms with Crippen molar-refractivity contribution in [3.8, 4) is 0 Å². The highest BCUT2D eigenvalue weighted by atomic mass is 35.5. The number of ether oxygens (including phenoxy) is 1. The molecule has 1 aromatic rings. The first-order chi connectivity index (χ1) is 8.79. The lowest BCUT2D eigenvalue weighted by Crippen LogP contribution is -2.25. The van der Waals surface area contributed by atoms with Crippen molar-refractivity contribution in [1.82, 2.24) is 5.32 Å². The Morgan fingerprint density at radius 3 is 2.56 bits per heavy atom. The van der Waals surface area contributed by atoms with Crippen LogP contribution in [0.3, 0.4) is 0 Å². The third kappa shape index (κ3) is 3.98. The molecule has 1 aliphatic carbocycles. The molecule has 1 aliphatic rings. The van der Waals surface area contributed by atoms with Crippen LogP contribution < -0.4 is 5.32 Å². The Balaban J connectivity index is 2.00. The van der Waals surface area contributed by atoms with E-state index >= 15 is 0 Å². The normalized spacial score (nSPS) is 18.1. The predicted octanol–water partition coefficient (Wildman–Crippen LogP) is 3.95. The number of benzene rings is 1. The molecule has 2 rings (SSSR count). The van der Waals surface area contributed by atoms with Crippen molar-refractivity contribution < 1.29 is 4.74 Å². The summed E-state index contributed by atoms with van der Waals surface area (Å²) in [5, 5.41) is 4.16. The summed E-state index contributed by atoms with van der Waals surface area (Å²) in [6.07, 6.45) is 5.60. The van der Waals surface area contributed by atoms with Gasteiger partial charge >= 0.3 is 0 Å². The molecule has 100 valence electrons. The Kier molecular flexibility index (Phi) is 5.48. The lowest BCUT2D eigenvalue weighted by Gasteiger charge is -2.23. The van der Waals surface area contributed by atoms with Crippen LogP contribution in [-0.4, -0.2) is 19.2 Å². The fraction of sp³-hybridized carbons (Fsp3) is 0.600. The molecular formula is C15H22ClNO. The van der Waals surface area contributed by atoms with Crippen LogP contribution in [0.25, 0.3) is 0 Å². The molecule has 3 heteroatoms. The molecule has 0 aromatic heterocycles. The zero-order valence-electron chi connectivity index (χ0n) is 11.0. The monoisotopic (exact) mass is 267 g/mol. The van der Waals surface area contributed by atoms with Gasteiger partial charge in [-0.3, -0.25) is 0 Å². The molecule has 1 atom stereocenters. The van der Waals surface area contributed by atoms with Crippen LogP contribution in [0.15, 0.2) is 24.3 Å². The third-order valence-corrected chi connectivity index (χ3v) is 3.73. The van der Waals surface area contributed by atoms with Gasteiger partial charge in [-0.2, -0.15) is 0 Å². The number of hydrogen-bond acceptors (Lipinski definition) is 2. The zero-order valence-corrected chi connectivity index (χ0v) is 11.7. The van der Waals surface area contributed by atoms with Crippen molar-refractivity contribution >= 4 is 11.6 Å². The summed E-state index contributed by atoms with van der Waals surface area (Å²) in [6, 6.07) is 8.01. The van der Waals surface area contributed by atoms with E-state index in [1.807, 2.05) is 12.1 Å². The minimum absolute atomic E-state index is 0.144. The Bertz CT molecular complexity index is 346. The molecule has 0 amide bonds. The fourth-order valence-electron chi connectivity index (χ4n) is 2.45. The van der Waals surface area contributed by atoms with Gasteiger partial charge in [-0.15, -0.1) is 0 Å². The number of nitrogens with one attached hydrogen (secondary N) is 1. The van der Waals surface area contributed by atoms with Gasteiger partial charge in [-0.05, 0) is 37.1 Å². The molecule has 1 aromatic carbocycles. The second kappa shape index (κ2) is 7.13. The average Bonchev–Trinajstić information content (AvgIpc) is 2.88. The number of halogens is 1. The number of likely N-dealkylation sites (N-methyl/N-ethyl adjacent to an activating group) is 1. The van der Waals surface area contributed by atoms with Crippen LogP contribution >= 0.6 is 11.6 Å². The van der Waals surface area contributed by atoms with E-state index in [2.05, 4.69) is 24.4 Å². The number of hydrogen-bond donors (Lipinski definition) is 1. The van der Waals surface area contributed by atoms with E-state index < -0.39 is 0 Å². The smallest absolute Gasteiger partial charge is 0.0952 e. The Hall–Kier alpha value is -0.570. The summed E-state index contributed by atoms with van der Waals surface area (Å²) in [5.41, 5.74) is 1.22. The van der Waals surface area contributed by atoms with Crippen LogP contribution in [0.1, 0.15) is 44.3 Å². The van der Waals surface area contributed by atoms with Gasteiger partial charge < -0.3 is 10.1 Å². The van der Waals surface area contributed by atoms with Gasteiger partial charge in [0.1, 0.15) is 0 Å². The van der Waals surface area contributed by atoms with Gasteiger partial charge in [0.25, 0.3) is 0 Å². The van der Waals surface area contributed by atoms with Crippen molar-refractivity contribution in [3.63, 3.8) is 0 Å². The molecular weight excluding hydrogens is 246 g/mol. The first kappa shape index (κ1) is 13.9. The van der Waals surface area contributed by atoms with E-state index in [-0.39, 0.29) is 6.10 Å². The second-order valence-corrected chi connectivity index (χ2v) is 5.33. The van der Waals surface area contributed by atoms with E-state index in [0.29, 0.717) is 6.10 Å². The summed E-state index contributed by atoms with van der Waals surface area (Å²) < 4.78 is 6.23. The van der Waals surface area contributed by atoms with E-state index in [1.165, 1.54) is 31.2 Å². The summed E-state index contributed by atoms with van der Waals surface area (Å²) >= 11 is 5.93. The van der Waals surface area contributed by atoms with E-state index in [1.54, 1.807) is 0 Å². The summed E-state index contributed by atoms with van der Waals surface area (Å²) in [4.78, 5) is 0. The van der Waals surface area contributed by atoms with E-state index in [4.69, 9.17) is 16.3 Å². The SMILES string of the molecule is CCNCC(OC1CCCC1)c1ccc(Cl)cc1. The Labute approximate surface area is 115 Å². The van der Waals surface area contributed by atoms with Crippen molar-refractivity contribution in [3.05, 3.63) is 34.9 Å². The molecule has 0 saturated heterocycles. The predicted molar refractivity (Wildman–Crippen MR) is 76.1 cm³/mol. The maximum Gasteiger partial charge on any atom is 0.0952 e. The van der Waals surface area contributed by atoms with Gasteiger partial charge in [-0.25, -0.2) is 0 Å². The van der Waals surface area contributed by atoms with Gasteiger partial charge in [0.05, 0.1) is 12.2 Å². The minimum atomic E-state index is 0.144. The highest BCUT2D eigenvalue weighted by Gasteiger charge is 2.21. The van der Waals surface area contributed by atoms with Crippen molar-refractivity contribution in [2.45, 2.75) is 44.8 Å². The number of rotatable bonds is 6. The maximum absolute atomic E-state index is 6.23. The molecule has 2 nitrogen and oxygen atoms in total. The fourth-order valence-corrected chi connectivity index (χ4v) is 2.58. The molecule has 0 radical (unpaired) electrons. The molecule has 0 heterocycles. The minimum Gasteiger partial charge on any atom is -0.369 e. The van der Waals surface area contributed by atoms with Crippen LogP contribution in [0.5, 0.6) is 0 Å². The highest BCUT2D eigenvalue weighted by Crippen LogP contribution is 2.28. The quantitative estimate of drug-likeness (QED) is 0.843. The third-order valence-electron chi connectivity index (χ3n) is 3.48. The maximum atomic E-state index is 6.23. The lowest BCUT2D eigenvalue weighted by atomic mass is 10.1. The van der Waals surface area contributed by atoms with Crippen molar-refractivity contribution in [2.75, 3.05) is 13.1 Å². The standard InChI is InChI=1S/C15H22ClNO/c1-2-17-11-15(18-14-5-3-4-6-14)12-7-9-13(16)10-8-12/h7-10,14-15,17H,2-6,11H2,1H3. The first-order valence-electron chi connectivity index (χ1n) is 6.91. The highest BCUT2D eigenvalue weighted by molar-refractivity contribution is 6.30. The molecule has 1 N–H and O–H groups in total. The molecule has 0 aliphatic heterocycles. The van der Waals surface area contributed by atoms with Crippen molar-refractivity contribution in [1.29, 1.82) is 0 Å². The molecule has 1 unspecified atom stereocenters. The van der Waals surface area contributed by atoms with Gasteiger partial charge in [0, 0.05) is 11.6 Å². The molecule has 18 heavy (non-hydrogen) atoms. The molecule has 1 fully saturated rings. The molecule has 0 bridgehead atoms. The summed E-state index contributed by atoms with van der Waals surface area (Å²) in [5.74, 6) is 0. The van der Waals surface area contributed by atoms with Gasteiger partial charge in [0.2, 0.25) is 0 Å². The largest absolute Gasteiger partial charge is 0.369 e. The van der Waals surface area contributed by atoms with E-state index in [0.717, 1.165) is 18.1 Å². The van der Waals surface area contributed by atoms with E-state index in [9.17, 15) is 0 Å². The first-order valence-corrected chi connectivity index (χ1v) is 7.29. The summed E-state index contributed by atoms with van der Waals surface area (Å²) in [6.45, 7) is 3.96. The van der Waals surface area contributed by atoms with Gasteiger partial charge in [0.15, 0.2) is 0 Å². The van der Waals surface area contributed by atoms with Crippen LogP contribution in [0, 0.1) is 0 Å². The lowest BCUT2D eigenvalue weighted by molar-refractivity contribution is -0.00849. The molecule has 0 spiro atoms. The van der Waals surface area contributed by atoms with Crippen LogP contribution in [0.4, 0.5) is 0 Å². The van der Waals surface area contributed by atoms with Gasteiger partial charge in [-0.1, -0.05) is 43.5 Å². The average molecular weight is 268 g/mol. The Morgan fingerprint density at radius 2 is 1.94 bits per heavy atom.